The molecule has 100 valence electrons. The highest BCUT2D eigenvalue weighted by atomic mass is 35.5. The summed E-state index contributed by atoms with van der Waals surface area (Å²) in [7, 11) is 2.07. The zero-order valence-electron chi connectivity index (χ0n) is 10.6. The Labute approximate surface area is 116 Å². The zero-order chi connectivity index (χ0) is 13.2. The van der Waals surface area contributed by atoms with Gasteiger partial charge >= 0.3 is 0 Å². The molecule has 3 rings (SSSR count). The van der Waals surface area contributed by atoms with E-state index in [0.29, 0.717) is 16.7 Å². The van der Waals surface area contributed by atoms with E-state index in [-0.39, 0.29) is 6.04 Å². The maximum absolute atomic E-state index is 6.13. The molecular formula is C13H15ClN4O. The molecule has 1 aromatic carbocycles. The quantitative estimate of drug-likeness (QED) is 0.910. The second-order valence-electron chi connectivity index (χ2n) is 4.64. The number of nitrogens with one attached hydrogen (secondary N) is 1. The molecule has 0 saturated carbocycles. The summed E-state index contributed by atoms with van der Waals surface area (Å²) in [5, 5.41) is 8.03. The van der Waals surface area contributed by atoms with Crippen LogP contribution in [0, 0.1) is 0 Å². The van der Waals surface area contributed by atoms with Gasteiger partial charge in [-0.3, -0.25) is 4.90 Å². The van der Waals surface area contributed by atoms with Crippen molar-refractivity contribution >= 4 is 11.6 Å². The maximum atomic E-state index is 6.13. The van der Waals surface area contributed by atoms with Gasteiger partial charge in [-0.1, -0.05) is 28.9 Å². The number of benzene rings is 1. The molecule has 0 radical (unpaired) electrons. The van der Waals surface area contributed by atoms with Crippen molar-refractivity contribution in [2.45, 2.75) is 6.04 Å². The van der Waals surface area contributed by atoms with Gasteiger partial charge in [0.2, 0.25) is 0 Å². The summed E-state index contributed by atoms with van der Waals surface area (Å²) >= 11 is 6.13. The molecule has 1 saturated heterocycles. The number of aromatic nitrogens is 2. The van der Waals surface area contributed by atoms with Crippen LogP contribution in [-0.4, -0.2) is 41.7 Å². The van der Waals surface area contributed by atoms with Crippen LogP contribution in [0.2, 0.25) is 5.02 Å². The zero-order valence-corrected chi connectivity index (χ0v) is 11.4. The molecule has 1 unspecified atom stereocenters. The molecule has 6 heteroatoms. The second kappa shape index (κ2) is 5.28. The van der Waals surface area contributed by atoms with Gasteiger partial charge in [-0.15, -0.1) is 0 Å². The van der Waals surface area contributed by atoms with Gasteiger partial charge in [0.05, 0.1) is 16.6 Å². The van der Waals surface area contributed by atoms with Crippen molar-refractivity contribution in [3.05, 3.63) is 35.1 Å². The van der Waals surface area contributed by atoms with Crippen LogP contribution in [-0.2, 0) is 0 Å². The fraction of sp³-hybridized carbons (Fsp3) is 0.385. The Morgan fingerprint density at radius 3 is 3.05 bits per heavy atom. The number of nitrogens with zero attached hydrogens (tertiary/aromatic N) is 3. The van der Waals surface area contributed by atoms with Crippen molar-refractivity contribution in [1.82, 2.24) is 20.4 Å². The predicted octanol–water partition coefficient (Wildman–Crippen LogP) is 1.97. The second-order valence-corrected chi connectivity index (χ2v) is 5.05. The molecule has 5 nitrogen and oxygen atoms in total. The first-order valence-electron chi connectivity index (χ1n) is 6.25. The van der Waals surface area contributed by atoms with Gasteiger partial charge < -0.3 is 9.84 Å². The predicted molar refractivity (Wildman–Crippen MR) is 73.0 cm³/mol. The summed E-state index contributed by atoms with van der Waals surface area (Å²) in [4.78, 5) is 6.69. The Balaban J connectivity index is 1.89. The van der Waals surface area contributed by atoms with E-state index in [1.807, 2.05) is 24.3 Å². The lowest BCUT2D eigenvalue weighted by Crippen LogP contribution is -2.44. The summed E-state index contributed by atoms with van der Waals surface area (Å²) in [5.41, 5.74) is 0.773. The van der Waals surface area contributed by atoms with Crippen LogP contribution in [0.4, 0.5) is 0 Å². The molecule has 0 aliphatic carbocycles. The molecule has 2 heterocycles. The van der Waals surface area contributed by atoms with Gasteiger partial charge in [0.25, 0.3) is 5.89 Å². The number of hydrogen-bond donors (Lipinski definition) is 1. The van der Waals surface area contributed by atoms with Crippen LogP contribution >= 0.6 is 11.6 Å². The van der Waals surface area contributed by atoms with Crippen molar-refractivity contribution in [2.24, 2.45) is 0 Å². The minimum Gasteiger partial charge on any atom is -0.334 e. The number of rotatable bonds is 2. The first-order chi connectivity index (χ1) is 9.25. The summed E-state index contributed by atoms with van der Waals surface area (Å²) in [6.45, 7) is 2.79. The number of piperazine rings is 1. The topological polar surface area (TPSA) is 54.2 Å². The first kappa shape index (κ1) is 12.6. The molecule has 1 fully saturated rings. The van der Waals surface area contributed by atoms with E-state index in [2.05, 4.69) is 27.4 Å². The molecule has 1 aliphatic rings. The lowest BCUT2D eigenvalue weighted by atomic mass is 10.2. The van der Waals surface area contributed by atoms with E-state index in [4.69, 9.17) is 16.1 Å². The Hall–Kier alpha value is -1.43. The highest BCUT2D eigenvalue weighted by Gasteiger charge is 2.25. The van der Waals surface area contributed by atoms with E-state index < -0.39 is 0 Å². The van der Waals surface area contributed by atoms with Gasteiger partial charge in [-0.2, -0.15) is 4.98 Å². The van der Waals surface area contributed by atoms with Crippen LogP contribution in [0.1, 0.15) is 11.9 Å². The number of hydrogen-bond acceptors (Lipinski definition) is 5. The maximum Gasteiger partial charge on any atom is 0.259 e. The molecule has 1 aromatic heterocycles. The van der Waals surface area contributed by atoms with Crippen molar-refractivity contribution in [1.29, 1.82) is 0 Å². The van der Waals surface area contributed by atoms with Crippen molar-refractivity contribution in [3.63, 3.8) is 0 Å². The molecule has 1 atom stereocenters. The van der Waals surface area contributed by atoms with E-state index in [1.165, 1.54) is 0 Å². The fourth-order valence-corrected chi connectivity index (χ4v) is 2.43. The molecule has 0 spiro atoms. The lowest BCUT2D eigenvalue weighted by molar-refractivity contribution is 0.190. The van der Waals surface area contributed by atoms with Crippen molar-refractivity contribution in [2.75, 3.05) is 26.7 Å². The largest absolute Gasteiger partial charge is 0.334 e. The van der Waals surface area contributed by atoms with Crippen LogP contribution in [0.5, 0.6) is 0 Å². The standard InChI is InChI=1S/C13H15ClN4O/c1-18-7-6-15-8-11(18)12-16-13(19-17-12)9-4-2-3-5-10(9)14/h2-5,11,15H,6-8H2,1H3. The summed E-state index contributed by atoms with van der Waals surface area (Å²) in [6, 6.07) is 7.62. The van der Waals surface area contributed by atoms with Gasteiger partial charge in [-0.05, 0) is 19.2 Å². The normalized spacial score (nSPS) is 20.6. The SMILES string of the molecule is CN1CCNCC1c1noc(-c2ccccc2Cl)n1. The van der Waals surface area contributed by atoms with E-state index >= 15 is 0 Å². The van der Waals surface area contributed by atoms with E-state index in [1.54, 1.807) is 0 Å². The molecule has 2 aromatic rings. The monoisotopic (exact) mass is 278 g/mol. The summed E-state index contributed by atoms with van der Waals surface area (Å²) < 4.78 is 5.33. The van der Waals surface area contributed by atoms with Crippen molar-refractivity contribution in [3.8, 4) is 11.5 Å². The Morgan fingerprint density at radius 1 is 1.42 bits per heavy atom. The number of halogens is 1. The molecular weight excluding hydrogens is 264 g/mol. The van der Waals surface area contributed by atoms with E-state index in [9.17, 15) is 0 Å². The minimum absolute atomic E-state index is 0.147. The molecule has 1 aliphatic heterocycles. The first-order valence-corrected chi connectivity index (χ1v) is 6.63. The highest BCUT2D eigenvalue weighted by molar-refractivity contribution is 6.33. The smallest absolute Gasteiger partial charge is 0.259 e. The summed E-state index contributed by atoms with van der Waals surface area (Å²) in [5.74, 6) is 1.17. The third kappa shape index (κ3) is 2.49. The van der Waals surface area contributed by atoms with Crippen LogP contribution in [0.3, 0.4) is 0 Å². The van der Waals surface area contributed by atoms with Crippen LogP contribution in [0.15, 0.2) is 28.8 Å². The fourth-order valence-electron chi connectivity index (χ4n) is 2.21. The average molecular weight is 279 g/mol. The molecule has 0 bridgehead atoms. The Bertz CT molecular complexity index is 571. The minimum atomic E-state index is 0.147. The van der Waals surface area contributed by atoms with Crippen LogP contribution in [0.25, 0.3) is 11.5 Å². The van der Waals surface area contributed by atoms with Crippen LogP contribution < -0.4 is 5.32 Å². The van der Waals surface area contributed by atoms with E-state index in [0.717, 1.165) is 25.2 Å². The third-order valence-electron chi connectivity index (χ3n) is 3.36. The molecule has 1 N–H and O–H groups in total. The van der Waals surface area contributed by atoms with Gasteiger partial charge in [0, 0.05) is 19.6 Å². The Morgan fingerprint density at radius 2 is 2.26 bits per heavy atom. The Kier molecular flexibility index (Phi) is 3.50. The number of likely N-dealkylation sites (N-methyl/N-ethyl adjacent to an activating group) is 1. The van der Waals surface area contributed by atoms with Gasteiger partial charge in [0.15, 0.2) is 5.82 Å². The van der Waals surface area contributed by atoms with Crippen molar-refractivity contribution < 1.29 is 4.52 Å². The summed E-state index contributed by atoms with van der Waals surface area (Å²) in [6.07, 6.45) is 0. The third-order valence-corrected chi connectivity index (χ3v) is 3.68. The average Bonchev–Trinajstić information content (AvgIpc) is 2.89. The lowest BCUT2D eigenvalue weighted by Gasteiger charge is -2.30. The molecule has 19 heavy (non-hydrogen) atoms. The molecule has 0 amide bonds. The highest BCUT2D eigenvalue weighted by Crippen LogP contribution is 2.27. The van der Waals surface area contributed by atoms with Gasteiger partial charge in [0.1, 0.15) is 0 Å². The van der Waals surface area contributed by atoms with Gasteiger partial charge in [-0.25, -0.2) is 0 Å².